The molecule has 0 N–H and O–H groups in total. The normalized spacial score (nSPS) is 12.6. The lowest BCUT2D eigenvalue weighted by atomic mass is 9.99. The number of hydrogen-bond donors (Lipinski definition) is 0. The van der Waals surface area contributed by atoms with E-state index >= 15 is 0 Å². The molecule has 1 rings (SSSR count). The van der Waals surface area contributed by atoms with Crippen LogP contribution in [0.1, 0.15) is 31.7 Å². The average molecular weight is 266 g/mol. The van der Waals surface area contributed by atoms with Crippen LogP contribution >= 0.6 is 0 Å². The van der Waals surface area contributed by atoms with Crippen molar-refractivity contribution in [2.24, 2.45) is 0 Å². The number of rotatable bonds is 3. The number of benzene rings is 1. The average Bonchev–Trinajstić information content (AvgIpc) is 2.27. The molecule has 0 saturated heterocycles. The van der Waals surface area contributed by atoms with Gasteiger partial charge in [0.15, 0.2) is 0 Å². The van der Waals surface area contributed by atoms with Gasteiger partial charge in [-0.25, -0.2) is 4.39 Å². The third-order valence-corrected chi connectivity index (χ3v) is 2.34. The van der Waals surface area contributed by atoms with Crippen LogP contribution in [0.15, 0.2) is 24.3 Å². The van der Waals surface area contributed by atoms with E-state index in [4.69, 9.17) is 0 Å². The molecule has 0 aliphatic rings. The summed E-state index contributed by atoms with van der Waals surface area (Å²) in [6, 6.07) is 6.81. The second kappa shape index (κ2) is 8.08. The summed E-state index contributed by atoms with van der Waals surface area (Å²) in [5.41, 5.74) is 1.09. The lowest BCUT2D eigenvalue weighted by Gasteiger charge is -2.07. The van der Waals surface area contributed by atoms with Gasteiger partial charge in [-0.05, 0) is 30.0 Å². The molecule has 1 atom stereocenters. The van der Waals surface area contributed by atoms with Gasteiger partial charge in [0.2, 0.25) is 0 Å². The summed E-state index contributed by atoms with van der Waals surface area (Å²) in [5.74, 6) is 0.327. The van der Waals surface area contributed by atoms with E-state index in [0.717, 1.165) is 19.1 Å². The monoisotopic (exact) mass is 266 g/mol. The Labute approximate surface area is 105 Å². The van der Waals surface area contributed by atoms with Gasteiger partial charge >= 0.3 is 6.18 Å². The molecule has 1 unspecified atom stereocenters. The van der Waals surface area contributed by atoms with Crippen molar-refractivity contribution >= 4 is 0 Å². The summed E-state index contributed by atoms with van der Waals surface area (Å²) >= 11 is 0. The first-order chi connectivity index (χ1) is 8.30. The third-order valence-electron chi connectivity index (χ3n) is 2.34. The first-order valence-electron chi connectivity index (χ1n) is 5.61. The molecule has 104 valence electrons. The maximum atomic E-state index is 12.7. The van der Waals surface area contributed by atoms with Gasteiger partial charge in [-0.2, -0.15) is 13.2 Å². The van der Waals surface area contributed by atoms with E-state index < -0.39 is 12.8 Å². The molecule has 0 amide bonds. The van der Waals surface area contributed by atoms with Crippen LogP contribution in [0, 0.1) is 5.82 Å². The van der Waals surface area contributed by atoms with E-state index in [1.54, 1.807) is 12.1 Å². The van der Waals surface area contributed by atoms with E-state index in [1.165, 1.54) is 6.07 Å². The van der Waals surface area contributed by atoms with Crippen molar-refractivity contribution in [1.82, 2.24) is 0 Å². The molecular weight excluding hydrogens is 248 g/mol. The molecule has 0 saturated carbocycles. The topological polar surface area (TPSA) is 9.23 Å². The molecule has 0 radical (unpaired) electrons. The number of hydrogen-bond acceptors (Lipinski definition) is 1. The number of ether oxygens (including phenoxy) is 1. The third kappa shape index (κ3) is 8.06. The molecule has 0 aliphatic carbocycles. The molecule has 0 heterocycles. The standard InChI is InChI=1S/C10H13F.C3H5F3O/c1-3-8(2)9-5-4-6-10(11)7-9;1-7-2-3(4,5)6/h4-8H,3H2,1-2H3;2H2,1H3. The zero-order valence-electron chi connectivity index (χ0n) is 10.7. The van der Waals surface area contributed by atoms with Crippen LogP contribution < -0.4 is 0 Å². The maximum absolute atomic E-state index is 12.7. The minimum absolute atomic E-state index is 0.136. The molecule has 0 spiro atoms. The van der Waals surface area contributed by atoms with Gasteiger partial charge in [-0.3, -0.25) is 0 Å². The molecule has 18 heavy (non-hydrogen) atoms. The fourth-order valence-electron chi connectivity index (χ4n) is 1.21. The van der Waals surface area contributed by atoms with Crippen molar-refractivity contribution in [3.8, 4) is 0 Å². The van der Waals surface area contributed by atoms with E-state index in [-0.39, 0.29) is 5.82 Å². The predicted molar refractivity (Wildman–Crippen MR) is 63.0 cm³/mol. The first kappa shape index (κ1) is 16.9. The Kier molecular flexibility index (Phi) is 7.59. The molecule has 1 aromatic carbocycles. The predicted octanol–water partition coefficient (Wildman–Crippen LogP) is 4.53. The second-order valence-electron chi connectivity index (χ2n) is 3.91. The molecule has 0 fully saturated rings. The van der Waals surface area contributed by atoms with E-state index in [0.29, 0.717) is 5.92 Å². The van der Waals surface area contributed by atoms with Crippen molar-refractivity contribution in [3.63, 3.8) is 0 Å². The summed E-state index contributed by atoms with van der Waals surface area (Å²) in [7, 11) is 1.01. The minimum Gasteiger partial charge on any atom is -0.375 e. The van der Waals surface area contributed by atoms with Crippen LogP contribution in [0.25, 0.3) is 0 Å². The Morgan fingerprint density at radius 2 is 1.89 bits per heavy atom. The van der Waals surface area contributed by atoms with Crippen LogP contribution in [0.5, 0.6) is 0 Å². The van der Waals surface area contributed by atoms with Gasteiger partial charge in [-0.15, -0.1) is 0 Å². The zero-order valence-corrected chi connectivity index (χ0v) is 10.7. The highest BCUT2D eigenvalue weighted by Crippen LogP contribution is 2.18. The van der Waals surface area contributed by atoms with Crippen LogP contribution in [0.4, 0.5) is 17.6 Å². The largest absolute Gasteiger partial charge is 0.411 e. The molecule has 1 nitrogen and oxygen atoms in total. The van der Waals surface area contributed by atoms with Crippen molar-refractivity contribution in [3.05, 3.63) is 35.6 Å². The fraction of sp³-hybridized carbons (Fsp3) is 0.538. The van der Waals surface area contributed by atoms with Gasteiger partial charge in [0, 0.05) is 7.11 Å². The second-order valence-corrected chi connectivity index (χ2v) is 3.91. The Morgan fingerprint density at radius 1 is 1.28 bits per heavy atom. The van der Waals surface area contributed by atoms with Crippen LogP contribution in [0.3, 0.4) is 0 Å². The fourth-order valence-corrected chi connectivity index (χ4v) is 1.21. The van der Waals surface area contributed by atoms with Gasteiger partial charge in [-0.1, -0.05) is 26.0 Å². The number of halogens is 4. The Morgan fingerprint density at radius 3 is 2.22 bits per heavy atom. The summed E-state index contributed by atoms with van der Waals surface area (Å²) in [6.45, 7) is 3.05. The molecule has 0 aliphatic heterocycles. The molecule has 0 bridgehead atoms. The summed E-state index contributed by atoms with van der Waals surface area (Å²) in [6.07, 6.45) is -3.11. The van der Waals surface area contributed by atoms with Gasteiger partial charge in [0.25, 0.3) is 0 Å². The lowest BCUT2D eigenvalue weighted by Crippen LogP contribution is -2.14. The van der Waals surface area contributed by atoms with E-state index in [9.17, 15) is 17.6 Å². The SMILES string of the molecule is CCC(C)c1cccc(F)c1.COCC(F)(F)F. The minimum atomic E-state index is -4.17. The smallest absolute Gasteiger partial charge is 0.375 e. The summed E-state index contributed by atoms with van der Waals surface area (Å²) in [5, 5.41) is 0. The zero-order chi connectivity index (χ0) is 14.2. The van der Waals surface area contributed by atoms with Gasteiger partial charge in [0.1, 0.15) is 12.4 Å². The maximum Gasteiger partial charge on any atom is 0.411 e. The van der Waals surface area contributed by atoms with Crippen molar-refractivity contribution in [2.45, 2.75) is 32.4 Å². The summed E-state index contributed by atoms with van der Waals surface area (Å²) < 4.78 is 49.2. The van der Waals surface area contributed by atoms with Gasteiger partial charge in [0.05, 0.1) is 0 Å². The van der Waals surface area contributed by atoms with E-state index in [1.807, 2.05) is 6.07 Å². The highest BCUT2D eigenvalue weighted by atomic mass is 19.4. The van der Waals surface area contributed by atoms with Crippen molar-refractivity contribution < 1.29 is 22.3 Å². The van der Waals surface area contributed by atoms with Gasteiger partial charge < -0.3 is 4.74 Å². The lowest BCUT2D eigenvalue weighted by molar-refractivity contribution is -0.167. The molecule has 5 heteroatoms. The molecule has 0 aromatic heterocycles. The molecular formula is C13H18F4O. The Bertz CT molecular complexity index is 336. The Balaban J connectivity index is 0.000000360. The highest BCUT2D eigenvalue weighted by Gasteiger charge is 2.26. The summed E-state index contributed by atoms with van der Waals surface area (Å²) in [4.78, 5) is 0. The van der Waals surface area contributed by atoms with E-state index in [2.05, 4.69) is 18.6 Å². The van der Waals surface area contributed by atoms with Crippen LogP contribution in [0.2, 0.25) is 0 Å². The van der Waals surface area contributed by atoms with Crippen molar-refractivity contribution in [1.29, 1.82) is 0 Å². The first-order valence-corrected chi connectivity index (χ1v) is 5.61. The molecule has 1 aromatic rings. The quantitative estimate of drug-likeness (QED) is 0.730. The Hall–Kier alpha value is -1.10. The van der Waals surface area contributed by atoms with Crippen LogP contribution in [-0.4, -0.2) is 19.9 Å². The van der Waals surface area contributed by atoms with Crippen molar-refractivity contribution in [2.75, 3.05) is 13.7 Å². The highest BCUT2D eigenvalue weighted by molar-refractivity contribution is 5.19. The number of alkyl halides is 3. The number of methoxy groups -OCH3 is 1. The van der Waals surface area contributed by atoms with Crippen LogP contribution in [-0.2, 0) is 4.74 Å².